The van der Waals surface area contributed by atoms with Crippen LogP contribution >= 0.6 is 0 Å². The van der Waals surface area contributed by atoms with E-state index < -0.39 is 0 Å². The number of halogens is 1. The molecule has 0 saturated carbocycles. The number of rotatable bonds is 3. The second-order valence-electron chi connectivity index (χ2n) is 4.76. The number of aromatic nitrogens is 1. The van der Waals surface area contributed by atoms with Crippen molar-refractivity contribution in [3.63, 3.8) is 0 Å². The van der Waals surface area contributed by atoms with Crippen molar-refractivity contribution < 1.29 is 13.9 Å². The summed E-state index contributed by atoms with van der Waals surface area (Å²) in [4.78, 5) is 12.7. The van der Waals surface area contributed by atoms with Crippen LogP contribution in [0.3, 0.4) is 0 Å². The number of fused-ring (bicyclic) bond motifs is 1. The second kappa shape index (κ2) is 5.52. The molecule has 3 aromatic rings. The van der Waals surface area contributed by atoms with E-state index in [0.29, 0.717) is 22.6 Å². The predicted octanol–water partition coefficient (Wildman–Crippen LogP) is 3.15. The molecule has 112 valence electrons. The largest absolute Gasteiger partial charge is 0.497 e. The van der Waals surface area contributed by atoms with Gasteiger partial charge in [0.2, 0.25) is 0 Å². The van der Waals surface area contributed by atoms with Gasteiger partial charge in [0, 0.05) is 18.0 Å². The Bertz CT molecular complexity index is 885. The number of hydrogen-bond acceptors (Lipinski definition) is 3. The van der Waals surface area contributed by atoms with Gasteiger partial charge in [-0.1, -0.05) is 0 Å². The van der Waals surface area contributed by atoms with Crippen LogP contribution in [0, 0.1) is 5.82 Å². The highest BCUT2D eigenvalue weighted by Crippen LogP contribution is 2.28. The smallest absolute Gasteiger partial charge is 0.266 e. The van der Waals surface area contributed by atoms with E-state index in [2.05, 4.69) is 0 Å². The number of nitrogens with zero attached hydrogens (tertiary/aromatic N) is 1. The molecular formula is C17H14FNO3. The van der Waals surface area contributed by atoms with Gasteiger partial charge in [0.05, 0.1) is 19.6 Å². The minimum atomic E-state index is -0.347. The monoisotopic (exact) mass is 299 g/mol. The average molecular weight is 299 g/mol. The van der Waals surface area contributed by atoms with Crippen LogP contribution in [0.5, 0.6) is 11.5 Å². The first-order valence-corrected chi connectivity index (χ1v) is 6.67. The lowest BCUT2D eigenvalue weighted by Gasteiger charge is -2.11. The third kappa shape index (κ3) is 2.30. The fourth-order valence-corrected chi connectivity index (χ4v) is 2.40. The number of benzene rings is 2. The highest BCUT2D eigenvalue weighted by molar-refractivity contribution is 5.89. The fraction of sp³-hybridized carbons (Fsp3) is 0.118. The van der Waals surface area contributed by atoms with Gasteiger partial charge < -0.3 is 9.47 Å². The second-order valence-corrected chi connectivity index (χ2v) is 4.76. The maximum Gasteiger partial charge on any atom is 0.266 e. The van der Waals surface area contributed by atoms with Gasteiger partial charge in [-0.2, -0.15) is 0 Å². The van der Waals surface area contributed by atoms with Gasteiger partial charge in [-0.15, -0.1) is 0 Å². The Labute approximate surface area is 126 Å². The van der Waals surface area contributed by atoms with Crippen molar-refractivity contribution in [3.8, 4) is 17.2 Å². The molecular weight excluding hydrogens is 285 g/mol. The minimum absolute atomic E-state index is 0.233. The topological polar surface area (TPSA) is 40.5 Å². The first kappa shape index (κ1) is 14.1. The molecule has 0 spiro atoms. The van der Waals surface area contributed by atoms with Crippen LogP contribution in [-0.4, -0.2) is 18.8 Å². The van der Waals surface area contributed by atoms with Gasteiger partial charge >= 0.3 is 0 Å². The molecule has 5 heteroatoms. The summed E-state index contributed by atoms with van der Waals surface area (Å²) in [6, 6.07) is 11.0. The molecule has 0 aliphatic carbocycles. The molecule has 0 radical (unpaired) electrons. The summed E-state index contributed by atoms with van der Waals surface area (Å²) in [6.07, 6.45) is 1.65. The quantitative estimate of drug-likeness (QED) is 0.746. The van der Waals surface area contributed by atoms with Crippen LogP contribution in [0.1, 0.15) is 0 Å². The first-order valence-electron chi connectivity index (χ1n) is 6.67. The van der Waals surface area contributed by atoms with Gasteiger partial charge in [-0.25, -0.2) is 4.39 Å². The molecule has 2 aromatic carbocycles. The van der Waals surface area contributed by atoms with Crippen LogP contribution in [-0.2, 0) is 0 Å². The molecule has 0 aliphatic rings. The van der Waals surface area contributed by atoms with E-state index in [0.717, 1.165) is 5.39 Å². The lowest BCUT2D eigenvalue weighted by Crippen LogP contribution is -2.18. The highest BCUT2D eigenvalue weighted by Gasteiger charge is 2.12. The highest BCUT2D eigenvalue weighted by atomic mass is 19.1. The standard InChI is InChI=1S/C17H14FNO3/c1-21-14-9-11-7-8-19(13-5-3-12(18)4-6-13)17(20)16(11)15(10-14)22-2/h3-10H,1-2H3. The van der Waals surface area contributed by atoms with Crippen LogP contribution in [0.4, 0.5) is 4.39 Å². The van der Waals surface area contributed by atoms with Gasteiger partial charge in [0.15, 0.2) is 0 Å². The predicted molar refractivity (Wildman–Crippen MR) is 82.6 cm³/mol. The van der Waals surface area contributed by atoms with Crippen molar-refractivity contribution in [2.45, 2.75) is 0 Å². The third-order valence-electron chi connectivity index (χ3n) is 3.50. The SMILES string of the molecule is COc1cc(OC)c2c(=O)n(-c3ccc(F)cc3)ccc2c1. The lowest BCUT2D eigenvalue weighted by molar-refractivity contribution is 0.397. The van der Waals surface area contributed by atoms with Gasteiger partial charge in [0.25, 0.3) is 5.56 Å². The zero-order chi connectivity index (χ0) is 15.7. The molecule has 0 N–H and O–H groups in total. The van der Waals surface area contributed by atoms with Crippen molar-refractivity contribution in [2.75, 3.05) is 14.2 Å². The van der Waals surface area contributed by atoms with E-state index in [9.17, 15) is 9.18 Å². The summed E-state index contributed by atoms with van der Waals surface area (Å²) < 4.78 is 25.0. The van der Waals surface area contributed by atoms with Crippen molar-refractivity contribution in [3.05, 3.63) is 64.8 Å². The van der Waals surface area contributed by atoms with Crippen molar-refractivity contribution >= 4 is 10.8 Å². The molecule has 3 rings (SSSR count). The molecule has 0 bridgehead atoms. The molecule has 4 nitrogen and oxygen atoms in total. The third-order valence-corrected chi connectivity index (χ3v) is 3.50. The summed E-state index contributed by atoms with van der Waals surface area (Å²) in [6.45, 7) is 0. The maximum absolute atomic E-state index is 13.0. The van der Waals surface area contributed by atoms with E-state index in [1.807, 2.05) is 0 Å². The molecule has 1 heterocycles. The molecule has 1 aromatic heterocycles. The fourth-order valence-electron chi connectivity index (χ4n) is 2.40. The van der Waals surface area contributed by atoms with Crippen molar-refractivity contribution in [2.24, 2.45) is 0 Å². The minimum Gasteiger partial charge on any atom is -0.497 e. The zero-order valence-electron chi connectivity index (χ0n) is 12.2. The molecule has 0 amide bonds. The number of ether oxygens (including phenoxy) is 2. The lowest BCUT2D eigenvalue weighted by atomic mass is 10.1. The summed E-state index contributed by atoms with van der Waals surface area (Å²) >= 11 is 0. The summed E-state index contributed by atoms with van der Waals surface area (Å²) in [5, 5.41) is 1.18. The van der Waals surface area contributed by atoms with E-state index >= 15 is 0 Å². The number of pyridine rings is 1. The maximum atomic E-state index is 13.0. The van der Waals surface area contributed by atoms with E-state index in [-0.39, 0.29) is 11.4 Å². The Morgan fingerprint density at radius 3 is 2.36 bits per heavy atom. The Morgan fingerprint density at radius 1 is 1.00 bits per heavy atom. The van der Waals surface area contributed by atoms with Gasteiger partial charge in [0.1, 0.15) is 17.3 Å². The van der Waals surface area contributed by atoms with E-state index in [4.69, 9.17) is 9.47 Å². The molecule has 0 atom stereocenters. The van der Waals surface area contributed by atoms with Crippen molar-refractivity contribution in [1.29, 1.82) is 0 Å². The molecule has 0 fully saturated rings. The van der Waals surface area contributed by atoms with E-state index in [1.54, 1.807) is 43.6 Å². The summed E-state index contributed by atoms with van der Waals surface area (Å²) in [5.41, 5.74) is 0.356. The number of hydrogen-bond donors (Lipinski definition) is 0. The molecule has 0 unspecified atom stereocenters. The zero-order valence-corrected chi connectivity index (χ0v) is 12.2. The van der Waals surface area contributed by atoms with Crippen LogP contribution in [0.15, 0.2) is 53.5 Å². The summed E-state index contributed by atoms with van der Waals surface area (Å²) in [7, 11) is 3.06. The normalized spacial score (nSPS) is 10.7. The van der Waals surface area contributed by atoms with Crippen LogP contribution in [0.25, 0.3) is 16.5 Å². The molecule has 0 saturated heterocycles. The van der Waals surface area contributed by atoms with Crippen LogP contribution in [0.2, 0.25) is 0 Å². The van der Waals surface area contributed by atoms with E-state index in [1.165, 1.54) is 23.8 Å². The Morgan fingerprint density at radius 2 is 1.73 bits per heavy atom. The van der Waals surface area contributed by atoms with Gasteiger partial charge in [-0.05, 0) is 41.8 Å². The Hall–Kier alpha value is -2.82. The van der Waals surface area contributed by atoms with Gasteiger partial charge in [-0.3, -0.25) is 9.36 Å². The Balaban J connectivity index is 2.29. The molecule has 22 heavy (non-hydrogen) atoms. The molecule has 0 aliphatic heterocycles. The Kier molecular flexibility index (Phi) is 3.55. The average Bonchev–Trinajstić information content (AvgIpc) is 2.55. The van der Waals surface area contributed by atoms with Crippen LogP contribution < -0.4 is 15.0 Å². The summed E-state index contributed by atoms with van der Waals surface area (Å²) in [5.74, 6) is 0.707. The van der Waals surface area contributed by atoms with Crippen molar-refractivity contribution in [1.82, 2.24) is 4.57 Å². The first-order chi connectivity index (χ1) is 10.6. The number of methoxy groups -OCH3 is 2.